The van der Waals surface area contributed by atoms with E-state index in [1.807, 2.05) is 19.0 Å². The first kappa shape index (κ1) is 21.4. The summed E-state index contributed by atoms with van der Waals surface area (Å²) in [5, 5.41) is 7.07. The van der Waals surface area contributed by atoms with Crippen molar-refractivity contribution in [3.8, 4) is 0 Å². The van der Waals surface area contributed by atoms with Gasteiger partial charge in [-0.25, -0.2) is 0 Å². The van der Waals surface area contributed by atoms with E-state index in [4.69, 9.17) is 4.52 Å². The number of carbonyl (C=O) groups excluding carboxylic acids is 2. The summed E-state index contributed by atoms with van der Waals surface area (Å²) >= 11 is 0. The third kappa shape index (κ3) is 6.06. The molecule has 0 spiro atoms. The van der Waals surface area contributed by atoms with Gasteiger partial charge in [0, 0.05) is 31.6 Å². The Morgan fingerprint density at radius 1 is 1.30 bits per heavy atom. The third-order valence-corrected chi connectivity index (χ3v) is 5.25. The monoisotopic (exact) mass is 378 g/mol. The van der Waals surface area contributed by atoms with Gasteiger partial charge in [0.2, 0.25) is 5.91 Å². The van der Waals surface area contributed by atoms with Gasteiger partial charge >= 0.3 is 0 Å². The predicted octanol–water partition coefficient (Wildman–Crippen LogP) is 2.39. The van der Waals surface area contributed by atoms with Crippen LogP contribution in [0.25, 0.3) is 0 Å². The average molecular weight is 379 g/mol. The number of nitrogens with one attached hydrogen (secondary N) is 1. The summed E-state index contributed by atoms with van der Waals surface area (Å²) in [6.45, 7) is 7.53. The normalized spacial score (nSPS) is 20.4. The van der Waals surface area contributed by atoms with Gasteiger partial charge in [0.1, 0.15) is 0 Å². The zero-order valence-corrected chi connectivity index (χ0v) is 17.5. The summed E-state index contributed by atoms with van der Waals surface area (Å²) in [7, 11) is 5.62. The van der Waals surface area contributed by atoms with Gasteiger partial charge in [0.25, 0.3) is 5.91 Å². The van der Waals surface area contributed by atoms with Crippen LogP contribution in [0.1, 0.15) is 56.3 Å². The van der Waals surface area contributed by atoms with Crippen molar-refractivity contribution in [1.29, 1.82) is 0 Å². The number of hydrogen-bond acceptors (Lipinski definition) is 5. The van der Waals surface area contributed by atoms with Crippen molar-refractivity contribution in [2.45, 2.75) is 52.6 Å². The minimum absolute atomic E-state index is 0.0604. The lowest BCUT2D eigenvalue weighted by molar-refractivity contribution is -0.129. The van der Waals surface area contributed by atoms with Crippen LogP contribution in [0.4, 0.5) is 0 Å². The van der Waals surface area contributed by atoms with E-state index in [-0.39, 0.29) is 23.8 Å². The highest BCUT2D eigenvalue weighted by Crippen LogP contribution is 2.33. The molecule has 1 fully saturated rings. The summed E-state index contributed by atoms with van der Waals surface area (Å²) in [6.07, 6.45) is 2.68. The fourth-order valence-corrected chi connectivity index (χ4v) is 3.42. The molecule has 1 aliphatic rings. The van der Waals surface area contributed by atoms with Crippen LogP contribution in [-0.4, -0.2) is 60.5 Å². The Balaban J connectivity index is 1.85. The number of aromatic nitrogens is 1. The molecule has 0 radical (unpaired) electrons. The maximum atomic E-state index is 12.6. The second-order valence-corrected chi connectivity index (χ2v) is 8.56. The smallest absolute Gasteiger partial charge is 0.275 e. The molecule has 7 nitrogen and oxygen atoms in total. The summed E-state index contributed by atoms with van der Waals surface area (Å²) in [4.78, 5) is 28.5. The van der Waals surface area contributed by atoms with Crippen LogP contribution in [0.15, 0.2) is 10.6 Å². The van der Waals surface area contributed by atoms with Crippen molar-refractivity contribution >= 4 is 11.8 Å². The fraction of sp³-hybridized carbons (Fsp3) is 0.750. The summed E-state index contributed by atoms with van der Waals surface area (Å²) in [6, 6.07) is 1.75. The molecule has 1 heterocycles. The number of hydrogen-bond donors (Lipinski definition) is 1. The first-order valence-electron chi connectivity index (χ1n) is 9.83. The summed E-state index contributed by atoms with van der Waals surface area (Å²) in [5.74, 6) is 1.79. The molecule has 0 bridgehead atoms. The maximum Gasteiger partial charge on any atom is 0.275 e. The summed E-state index contributed by atoms with van der Waals surface area (Å²) < 4.78 is 5.22. The summed E-state index contributed by atoms with van der Waals surface area (Å²) in [5.41, 5.74) is 0.322. The number of rotatable bonds is 9. The highest BCUT2D eigenvalue weighted by atomic mass is 16.5. The number of carbonyl (C=O) groups is 2. The van der Waals surface area contributed by atoms with Crippen molar-refractivity contribution in [2.75, 3.05) is 27.7 Å². The molecule has 0 aliphatic heterocycles. The molecule has 1 aromatic rings. The Labute approximate surface area is 162 Å². The topological polar surface area (TPSA) is 78.7 Å². The van der Waals surface area contributed by atoms with Gasteiger partial charge in [-0.05, 0) is 45.2 Å². The number of amides is 2. The molecule has 2 rings (SSSR count). The maximum absolute atomic E-state index is 12.6. The molecular formula is C20H34N4O3. The predicted molar refractivity (Wildman–Crippen MR) is 104 cm³/mol. The van der Waals surface area contributed by atoms with Crippen LogP contribution in [0.2, 0.25) is 0 Å². The standard InChI is InChI=1S/C20H34N4O3/c1-13(2)17(21-19(25)15-9-14(3)10-15)7-8-24(6)20(26)18-11-16(27-22-18)12-23(4)5/h11,13-15,17H,7-10,12H2,1-6H3,(H,21,25). The van der Waals surface area contributed by atoms with E-state index in [2.05, 4.69) is 31.2 Å². The van der Waals surface area contributed by atoms with Crippen LogP contribution >= 0.6 is 0 Å². The molecule has 27 heavy (non-hydrogen) atoms. The Morgan fingerprint density at radius 2 is 1.96 bits per heavy atom. The zero-order chi connectivity index (χ0) is 20.1. The van der Waals surface area contributed by atoms with E-state index in [0.717, 1.165) is 19.3 Å². The molecule has 1 saturated carbocycles. The van der Waals surface area contributed by atoms with E-state index < -0.39 is 0 Å². The van der Waals surface area contributed by atoms with Crippen molar-refractivity contribution in [3.05, 3.63) is 17.5 Å². The lowest BCUT2D eigenvalue weighted by Crippen LogP contribution is -2.46. The molecule has 1 atom stereocenters. The molecule has 1 aliphatic carbocycles. The number of nitrogens with zero attached hydrogens (tertiary/aromatic N) is 3. The van der Waals surface area contributed by atoms with Crippen molar-refractivity contribution in [1.82, 2.24) is 20.3 Å². The molecule has 7 heteroatoms. The Hall–Kier alpha value is -1.89. The van der Waals surface area contributed by atoms with E-state index in [1.165, 1.54) is 0 Å². The molecule has 1 aromatic heterocycles. The van der Waals surface area contributed by atoms with Crippen molar-refractivity contribution < 1.29 is 14.1 Å². The van der Waals surface area contributed by atoms with Crippen molar-refractivity contribution in [3.63, 3.8) is 0 Å². The van der Waals surface area contributed by atoms with Crippen LogP contribution < -0.4 is 5.32 Å². The quantitative estimate of drug-likeness (QED) is 0.714. The largest absolute Gasteiger partial charge is 0.359 e. The van der Waals surface area contributed by atoms with E-state index in [0.29, 0.717) is 36.4 Å². The van der Waals surface area contributed by atoms with Gasteiger partial charge in [-0.3, -0.25) is 9.59 Å². The second-order valence-electron chi connectivity index (χ2n) is 8.56. The minimum atomic E-state index is -0.162. The molecule has 2 amide bonds. The van der Waals surface area contributed by atoms with Crippen molar-refractivity contribution in [2.24, 2.45) is 17.8 Å². The molecule has 152 valence electrons. The Bertz CT molecular complexity index is 635. The van der Waals surface area contributed by atoms with E-state index >= 15 is 0 Å². The average Bonchev–Trinajstić information content (AvgIpc) is 3.01. The van der Waals surface area contributed by atoms with Gasteiger partial charge in [-0.1, -0.05) is 25.9 Å². The first-order chi connectivity index (χ1) is 12.7. The molecule has 0 saturated heterocycles. The van der Waals surface area contributed by atoms with Crippen LogP contribution in [0, 0.1) is 17.8 Å². The third-order valence-electron chi connectivity index (χ3n) is 5.25. The van der Waals surface area contributed by atoms with Gasteiger partial charge in [-0.2, -0.15) is 0 Å². The van der Waals surface area contributed by atoms with E-state index in [9.17, 15) is 9.59 Å². The highest BCUT2D eigenvalue weighted by molar-refractivity contribution is 5.92. The molecule has 1 N–H and O–H groups in total. The van der Waals surface area contributed by atoms with E-state index in [1.54, 1.807) is 18.0 Å². The van der Waals surface area contributed by atoms with Gasteiger partial charge in [-0.15, -0.1) is 0 Å². The van der Waals surface area contributed by atoms with Crippen LogP contribution in [0.3, 0.4) is 0 Å². The van der Waals surface area contributed by atoms with Crippen LogP contribution in [0.5, 0.6) is 0 Å². The SMILES string of the molecule is CC1CC(C(=O)NC(CCN(C)C(=O)c2cc(CN(C)C)on2)C(C)C)C1. The lowest BCUT2D eigenvalue weighted by Gasteiger charge is -2.34. The first-order valence-corrected chi connectivity index (χ1v) is 9.83. The fourth-order valence-electron chi connectivity index (χ4n) is 3.42. The van der Waals surface area contributed by atoms with Gasteiger partial charge < -0.3 is 19.6 Å². The Kier molecular flexibility index (Phi) is 7.41. The second kappa shape index (κ2) is 9.35. The van der Waals surface area contributed by atoms with Gasteiger partial charge in [0.15, 0.2) is 11.5 Å². The van der Waals surface area contributed by atoms with Gasteiger partial charge in [0.05, 0.1) is 6.54 Å². The molecule has 0 aromatic carbocycles. The zero-order valence-electron chi connectivity index (χ0n) is 17.5. The van der Waals surface area contributed by atoms with Crippen LogP contribution in [-0.2, 0) is 11.3 Å². The Morgan fingerprint density at radius 3 is 2.52 bits per heavy atom. The highest BCUT2D eigenvalue weighted by Gasteiger charge is 2.32. The molecule has 1 unspecified atom stereocenters. The minimum Gasteiger partial charge on any atom is -0.359 e. The molecular weight excluding hydrogens is 344 g/mol. The lowest BCUT2D eigenvalue weighted by atomic mass is 9.75.